The van der Waals surface area contributed by atoms with E-state index in [1.165, 1.54) is 0 Å². The summed E-state index contributed by atoms with van der Waals surface area (Å²) in [7, 11) is 0. The van der Waals surface area contributed by atoms with Gasteiger partial charge in [0.05, 0.1) is 0 Å². The van der Waals surface area contributed by atoms with Gasteiger partial charge in [-0.05, 0) is 49.9 Å². The van der Waals surface area contributed by atoms with Crippen LogP contribution in [-0.4, -0.2) is 45.5 Å². The molecule has 0 unspecified atom stereocenters. The van der Waals surface area contributed by atoms with Crippen molar-refractivity contribution in [2.45, 2.75) is 38.3 Å². The van der Waals surface area contributed by atoms with E-state index in [1.807, 2.05) is 31.2 Å². The standard InChI is InChI=1S/C18H20N4O2.C2HF3O2/c1-11-12-5-3-4-6-13(12)15(23)20-14(11)16-21-17(22-24-16)18(2)7-9-19-10-8-18;3-2(4,5)1(6)7/h3-6,19H,7-10H2,1-2H3,(H,20,23);(H,6,7). The minimum Gasteiger partial charge on any atom is -0.475 e. The van der Waals surface area contributed by atoms with E-state index < -0.39 is 12.1 Å². The molecule has 3 N–H and O–H groups in total. The maximum absolute atomic E-state index is 12.3. The minimum absolute atomic E-state index is 0.0853. The Morgan fingerprint density at radius 2 is 1.77 bits per heavy atom. The lowest BCUT2D eigenvalue weighted by Crippen LogP contribution is -2.38. The highest BCUT2D eigenvalue weighted by molar-refractivity contribution is 5.88. The molecule has 2 aromatic heterocycles. The molecule has 3 aromatic rings. The maximum Gasteiger partial charge on any atom is 0.490 e. The average Bonchev–Trinajstić information content (AvgIpc) is 3.22. The summed E-state index contributed by atoms with van der Waals surface area (Å²) in [4.78, 5) is 28.7. The van der Waals surface area contributed by atoms with E-state index in [0.29, 0.717) is 22.8 Å². The molecule has 8 nitrogen and oxygen atoms in total. The van der Waals surface area contributed by atoms with Gasteiger partial charge in [-0.3, -0.25) is 4.79 Å². The number of hydrogen-bond acceptors (Lipinski definition) is 6. The van der Waals surface area contributed by atoms with Crippen LogP contribution in [0.2, 0.25) is 0 Å². The number of benzene rings is 1. The predicted molar refractivity (Wildman–Crippen MR) is 106 cm³/mol. The van der Waals surface area contributed by atoms with Crippen LogP contribution < -0.4 is 10.9 Å². The van der Waals surface area contributed by atoms with Crippen LogP contribution in [0.4, 0.5) is 13.2 Å². The van der Waals surface area contributed by atoms with Crippen LogP contribution in [-0.2, 0) is 10.2 Å². The summed E-state index contributed by atoms with van der Waals surface area (Å²) >= 11 is 0. The quantitative estimate of drug-likeness (QED) is 0.562. The van der Waals surface area contributed by atoms with E-state index >= 15 is 0 Å². The molecule has 0 bridgehead atoms. The number of carboxylic acid groups (broad SMARTS) is 1. The highest BCUT2D eigenvalue weighted by Crippen LogP contribution is 2.32. The van der Waals surface area contributed by atoms with Crippen LogP contribution in [0.15, 0.2) is 33.6 Å². The number of aromatic nitrogens is 3. The van der Waals surface area contributed by atoms with Crippen LogP contribution in [0, 0.1) is 6.92 Å². The molecule has 0 aliphatic carbocycles. The first-order valence-electron chi connectivity index (χ1n) is 9.50. The van der Waals surface area contributed by atoms with Crippen molar-refractivity contribution < 1.29 is 27.6 Å². The fraction of sp³-hybridized carbons (Fsp3) is 0.400. The highest BCUT2D eigenvalue weighted by atomic mass is 19.4. The van der Waals surface area contributed by atoms with E-state index in [1.54, 1.807) is 0 Å². The first-order chi connectivity index (χ1) is 14.5. The number of H-pyrrole nitrogens is 1. The minimum atomic E-state index is -5.08. The Morgan fingerprint density at radius 3 is 2.35 bits per heavy atom. The SMILES string of the molecule is Cc1c(-c2nc(C3(C)CCNCC3)no2)[nH]c(=O)c2ccccc12.O=C(O)C(F)(F)F. The molecule has 166 valence electrons. The van der Waals surface area contributed by atoms with Gasteiger partial charge in [-0.25, -0.2) is 4.79 Å². The second kappa shape index (κ2) is 8.50. The zero-order valence-electron chi connectivity index (χ0n) is 16.8. The first-order valence-corrected chi connectivity index (χ1v) is 9.50. The third kappa shape index (κ3) is 4.76. The Morgan fingerprint density at radius 1 is 1.19 bits per heavy atom. The Kier molecular flexibility index (Phi) is 6.16. The summed E-state index contributed by atoms with van der Waals surface area (Å²) in [5.74, 6) is -1.66. The topological polar surface area (TPSA) is 121 Å². The molecule has 1 aromatic carbocycles. The third-order valence-electron chi connectivity index (χ3n) is 5.32. The molecule has 1 aliphatic rings. The lowest BCUT2D eigenvalue weighted by Gasteiger charge is -2.30. The van der Waals surface area contributed by atoms with E-state index in [9.17, 15) is 18.0 Å². The van der Waals surface area contributed by atoms with Crippen LogP contribution in [0.3, 0.4) is 0 Å². The number of halogens is 3. The van der Waals surface area contributed by atoms with Crippen LogP contribution in [0.5, 0.6) is 0 Å². The molecular formula is C20H21F3N4O4. The number of aliphatic carboxylic acids is 1. The van der Waals surface area contributed by atoms with Gasteiger partial charge in [0.1, 0.15) is 5.69 Å². The summed E-state index contributed by atoms with van der Waals surface area (Å²) in [5, 5.41) is 16.3. The number of carboxylic acids is 1. The van der Waals surface area contributed by atoms with Gasteiger partial charge in [0.15, 0.2) is 5.82 Å². The number of aryl methyl sites for hydroxylation is 1. The number of pyridine rings is 1. The van der Waals surface area contributed by atoms with E-state index in [-0.39, 0.29) is 11.0 Å². The number of rotatable bonds is 2. The molecule has 0 spiro atoms. The Hall–Kier alpha value is -3.21. The first kappa shape index (κ1) is 22.5. The van der Waals surface area contributed by atoms with Crippen molar-refractivity contribution in [3.63, 3.8) is 0 Å². The molecule has 1 aliphatic heterocycles. The lowest BCUT2D eigenvalue weighted by atomic mass is 9.80. The second-order valence-electron chi connectivity index (χ2n) is 7.54. The molecular weight excluding hydrogens is 417 g/mol. The molecule has 3 heterocycles. The predicted octanol–water partition coefficient (Wildman–Crippen LogP) is 3.16. The van der Waals surface area contributed by atoms with Gasteiger partial charge < -0.3 is 19.9 Å². The van der Waals surface area contributed by atoms with Gasteiger partial charge in [-0.1, -0.05) is 30.3 Å². The molecule has 1 saturated heterocycles. The van der Waals surface area contributed by atoms with Crippen LogP contribution >= 0.6 is 0 Å². The van der Waals surface area contributed by atoms with Crippen molar-refractivity contribution >= 4 is 16.7 Å². The third-order valence-corrected chi connectivity index (χ3v) is 5.32. The van der Waals surface area contributed by atoms with Gasteiger partial charge in [0, 0.05) is 10.8 Å². The molecule has 0 saturated carbocycles. The fourth-order valence-electron chi connectivity index (χ4n) is 3.40. The van der Waals surface area contributed by atoms with E-state index in [0.717, 1.165) is 36.9 Å². The van der Waals surface area contributed by atoms with E-state index in [4.69, 9.17) is 14.4 Å². The maximum atomic E-state index is 12.3. The molecule has 1 fully saturated rings. The van der Waals surface area contributed by atoms with Crippen molar-refractivity contribution in [3.05, 3.63) is 46.0 Å². The van der Waals surface area contributed by atoms with Crippen molar-refractivity contribution in [1.29, 1.82) is 0 Å². The molecule has 31 heavy (non-hydrogen) atoms. The number of alkyl halides is 3. The highest BCUT2D eigenvalue weighted by Gasteiger charge is 2.38. The Balaban J connectivity index is 0.000000339. The summed E-state index contributed by atoms with van der Waals surface area (Å²) in [6, 6.07) is 7.54. The number of carbonyl (C=O) groups is 1. The average molecular weight is 438 g/mol. The van der Waals surface area contributed by atoms with Gasteiger partial charge >= 0.3 is 12.1 Å². The summed E-state index contributed by atoms with van der Waals surface area (Å²) < 4.78 is 37.2. The van der Waals surface area contributed by atoms with Crippen molar-refractivity contribution in [3.8, 4) is 11.6 Å². The summed E-state index contributed by atoms with van der Waals surface area (Å²) in [6.45, 7) is 6.03. The second-order valence-corrected chi connectivity index (χ2v) is 7.54. The fourth-order valence-corrected chi connectivity index (χ4v) is 3.40. The molecule has 0 amide bonds. The number of piperidine rings is 1. The van der Waals surface area contributed by atoms with Crippen molar-refractivity contribution in [2.75, 3.05) is 13.1 Å². The zero-order chi connectivity index (χ0) is 22.8. The number of aromatic amines is 1. The van der Waals surface area contributed by atoms with Crippen LogP contribution in [0.25, 0.3) is 22.4 Å². The molecule has 4 rings (SSSR count). The molecule has 11 heteroatoms. The molecule has 0 atom stereocenters. The summed E-state index contributed by atoms with van der Waals surface area (Å²) in [6.07, 6.45) is -3.14. The van der Waals surface area contributed by atoms with Gasteiger partial charge in [-0.15, -0.1) is 0 Å². The monoisotopic (exact) mass is 438 g/mol. The van der Waals surface area contributed by atoms with E-state index in [2.05, 4.69) is 27.4 Å². The number of nitrogens with zero attached hydrogens (tertiary/aromatic N) is 2. The molecule has 0 radical (unpaired) electrons. The van der Waals surface area contributed by atoms with Crippen molar-refractivity contribution in [2.24, 2.45) is 0 Å². The number of fused-ring (bicyclic) bond motifs is 1. The summed E-state index contributed by atoms with van der Waals surface area (Å²) in [5.41, 5.74) is 1.32. The Labute approximate surface area is 174 Å². The van der Waals surface area contributed by atoms with Gasteiger partial charge in [0.2, 0.25) is 0 Å². The smallest absolute Gasteiger partial charge is 0.475 e. The Bertz CT molecular complexity index is 1150. The van der Waals surface area contributed by atoms with Gasteiger partial charge in [-0.2, -0.15) is 18.2 Å². The van der Waals surface area contributed by atoms with Crippen LogP contribution in [0.1, 0.15) is 31.2 Å². The van der Waals surface area contributed by atoms with Crippen molar-refractivity contribution in [1.82, 2.24) is 20.4 Å². The zero-order valence-corrected chi connectivity index (χ0v) is 16.8. The number of hydrogen-bond donors (Lipinski definition) is 3. The normalized spacial score (nSPS) is 15.9. The lowest BCUT2D eigenvalue weighted by molar-refractivity contribution is -0.192. The van der Waals surface area contributed by atoms with Gasteiger partial charge in [0.25, 0.3) is 11.4 Å². The largest absolute Gasteiger partial charge is 0.490 e. The number of nitrogens with one attached hydrogen (secondary N) is 2.